The van der Waals surface area contributed by atoms with Gasteiger partial charge in [-0.15, -0.1) is 0 Å². The van der Waals surface area contributed by atoms with Crippen molar-refractivity contribution in [2.75, 3.05) is 18.6 Å². The van der Waals surface area contributed by atoms with Gasteiger partial charge in [-0.05, 0) is 73.2 Å². The number of hydrogen-bond acceptors (Lipinski definition) is 7. The zero-order valence-corrected chi connectivity index (χ0v) is 21.2. The lowest BCUT2D eigenvalue weighted by Crippen LogP contribution is -2.54. The van der Waals surface area contributed by atoms with Crippen LogP contribution in [0.2, 0.25) is 0 Å². The van der Waals surface area contributed by atoms with E-state index in [4.69, 9.17) is 31.5 Å². The van der Waals surface area contributed by atoms with E-state index in [9.17, 15) is 14.4 Å². The SMILES string of the molecule is COc1cc(OCCCC(=O)O)ccc1C=C1C(=O)NC(=S)N(c2ccc(Oc3ccccc3)cc2)C1=O. The molecule has 0 radical (unpaired) electrons. The fourth-order valence-electron chi connectivity index (χ4n) is 3.65. The van der Waals surface area contributed by atoms with E-state index >= 15 is 0 Å². The maximum atomic E-state index is 13.4. The Kier molecular flexibility index (Phi) is 8.34. The number of carboxylic acid groups (broad SMARTS) is 1. The number of nitrogens with zero attached hydrogens (tertiary/aromatic N) is 1. The first-order valence-electron chi connectivity index (χ1n) is 11.6. The molecule has 0 atom stereocenters. The first kappa shape index (κ1) is 26.4. The lowest BCUT2D eigenvalue weighted by Gasteiger charge is -2.29. The van der Waals surface area contributed by atoms with Crippen molar-refractivity contribution in [1.82, 2.24) is 5.32 Å². The number of ether oxygens (including phenoxy) is 3. The van der Waals surface area contributed by atoms with Crippen LogP contribution >= 0.6 is 12.2 Å². The van der Waals surface area contributed by atoms with Crippen LogP contribution in [-0.4, -0.2) is 41.7 Å². The molecule has 38 heavy (non-hydrogen) atoms. The second kappa shape index (κ2) is 12.0. The molecule has 1 fully saturated rings. The molecule has 1 saturated heterocycles. The van der Waals surface area contributed by atoms with Gasteiger partial charge < -0.3 is 19.3 Å². The van der Waals surface area contributed by atoms with Gasteiger partial charge in [-0.1, -0.05) is 18.2 Å². The van der Waals surface area contributed by atoms with Gasteiger partial charge in [0.2, 0.25) is 0 Å². The molecule has 2 amide bonds. The number of benzene rings is 3. The number of methoxy groups -OCH3 is 1. The lowest BCUT2D eigenvalue weighted by molar-refractivity contribution is -0.137. The van der Waals surface area contributed by atoms with Crippen molar-refractivity contribution in [2.45, 2.75) is 12.8 Å². The molecule has 0 aliphatic carbocycles. The van der Waals surface area contributed by atoms with Crippen molar-refractivity contribution in [3.63, 3.8) is 0 Å². The summed E-state index contributed by atoms with van der Waals surface area (Å²) in [5.74, 6) is -0.0279. The molecule has 0 bridgehead atoms. The molecule has 0 saturated carbocycles. The first-order chi connectivity index (χ1) is 18.4. The standard InChI is InChI=1S/C28H24N2O7S/c1-35-24-17-22(36-15-5-8-25(31)32)12-9-18(24)16-23-26(33)29-28(38)30(27(23)34)19-10-13-21(14-11-19)37-20-6-3-2-4-7-20/h2-4,6-7,9-14,16-17H,5,8,15H2,1H3,(H,31,32)(H,29,33,38). The quantitative estimate of drug-likeness (QED) is 0.169. The summed E-state index contributed by atoms with van der Waals surface area (Å²) in [5, 5.41) is 11.3. The number of amides is 2. The molecule has 9 nitrogen and oxygen atoms in total. The number of hydrogen-bond donors (Lipinski definition) is 2. The molecule has 0 aromatic heterocycles. The number of thiocarbonyl (C=S) groups is 1. The predicted molar refractivity (Wildman–Crippen MR) is 145 cm³/mol. The molecule has 2 N–H and O–H groups in total. The average molecular weight is 533 g/mol. The maximum Gasteiger partial charge on any atom is 0.303 e. The summed E-state index contributed by atoms with van der Waals surface area (Å²) in [7, 11) is 1.45. The molecule has 1 aliphatic rings. The van der Waals surface area contributed by atoms with E-state index in [0.29, 0.717) is 40.7 Å². The normalized spacial score (nSPS) is 14.3. The predicted octanol–water partition coefficient (Wildman–Crippen LogP) is 4.56. The third-order valence-electron chi connectivity index (χ3n) is 5.48. The van der Waals surface area contributed by atoms with Crippen LogP contribution in [0.1, 0.15) is 18.4 Å². The number of anilines is 1. The Labute approximate surface area is 224 Å². The van der Waals surface area contributed by atoms with Crippen LogP contribution in [0.25, 0.3) is 6.08 Å². The number of carbonyl (C=O) groups is 3. The van der Waals surface area contributed by atoms with Crippen LogP contribution in [0.15, 0.2) is 78.4 Å². The second-order valence-corrected chi connectivity index (χ2v) is 8.50. The minimum atomic E-state index is -0.895. The monoisotopic (exact) mass is 532 g/mol. The van der Waals surface area contributed by atoms with E-state index in [1.165, 1.54) is 18.1 Å². The molecule has 4 rings (SSSR count). The third kappa shape index (κ3) is 6.34. The zero-order chi connectivity index (χ0) is 27.1. The van der Waals surface area contributed by atoms with Crippen LogP contribution in [-0.2, 0) is 14.4 Å². The van der Waals surface area contributed by atoms with Gasteiger partial charge in [0, 0.05) is 18.1 Å². The van der Waals surface area contributed by atoms with Crippen molar-refractivity contribution in [1.29, 1.82) is 0 Å². The summed E-state index contributed by atoms with van der Waals surface area (Å²) in [6.45, 7) is 0.221. The van der Waals surface area contributed by atoms with Gasteiger partial charge in [0.25, 0.3) is 11.8 Å². The Hall–Kier alpha value is -4.70. The highest BCUT2D eigenvalue weighted by atomic mass is 32.1. The molecular weight excluding hydrogens is 508 g/mol. The molecule has 1 aliphatic heterocycles. The highest BCUT2D eigenvalue weighted by Gasteiger charge is 2.34. The molecule has 3 aromatic carbocycles. The third-order valence-corrected chi connectivity index (χ3v) is 5.77. The minimum absolute atomic E-state index is 0.000318. The van der Waals surface area contributed by atoms with Gasteiger partial charge in [0.05, 0.1) is 19.4 Å². The fraction of sp³-hybridized carbons (Fsp3) is 0.143. The van der Waals surface area contributed by atoms with Crippen molar-refractivity contribution in [2.24, 2.45) is 0 Å². The van der Waals surface area contributed by atoms with E-state index in [2.05, 4.69) is 5.32 Å². The first-order valence-corrected chi connectivity index (χ1v) is 12.0. The van der Waals surface area contributed by atoms with Gasteiger partial charge in [0.15, 0.2) is 5.11 Å². The molecule has 1 heterocycles. The summed E-state index contributed by atoms with van der Waals surface area (Å²) in [6, 6.07) is 20.9. The largest absolute Gasteiger partial charge is 0.496 e. The Balaban J connectivity index is 1.53. The van der Waals surface area contributed by atoms with Gasteiger partial charge in [-0.25, -0.2) is 0 Å². The summed E-state index contributed by atoms with van der Waals surface area (Å²) in [5.41, 5.74) is 0.809. The summed E-state index contributed by atoms with van der Waals surface area (Å²) < 4.78 is 16.8. The van der Waals surface area contributed by atoms with Crippen LogP contribution in [0.5, 0.6) is 23.0 Å². The Morgan fingerprint density at radius 3 is 2.37 bits per heavy atom. The Morgan fingerprint density at radius 2 is 1.68 bits per heavy atom. The van der Waals surface area contributed by atoms with Gasteiger partial charge >= 0.3 is 5.97 Å². The van der Waals surface area contributed by atoms with E-state index in [-0.39, 0.29) is 23.7 Å². The molecular formula is C28H24N2O7S. The summed E-state index contributed by atoms with van der Waals surface area (Å²) in [4.78, 5) is 38.0. The fourth-order valence-corrected chi connectivity index (χ4v) is 3.93. The maximum absolute atomic E-state index is 13.4. The highest BCUT2D eigenvalue weighted by Crippen LogP contribution is 2.30. The van der Waals surface area contributed by atoms with Crippen LogP contribution in [0.3, 0.4) is 0 Å². The number of aliphatic carboxylic acids is 1. The molecule has 194 valence electrons. The Bertz CT molecular complexity index is 1390. The zero-order valence-electron chi connectivity index (χ0n) is 20.4. The van der Waals surface area contributed by atoms with E-state index in [1.807, 2.05) is 30.3 Å². The topological polar surface area (TPSA) is 114 Å². The van der Waals surface area contributed by atoms with Crippen molar-refractivity contribution in [3.05, 3.63) is 83.9 Å². The van der Waals surface area contributed by atoms with Crippen LogP contribution < -0.4 is 24.4 Å². The minimum Gasteiger partial charge on any atom is -0.496 e. The van der Waals surface area contributed by atoms with Crippen LogP contribution in [0, 0.1) is 0 Å². The van der Waals surface area contributed by atoms with Gasteiger partial charge in [-0.2, -0.15) is 0 Å². The van der Waals surface area contributed by atoms with E-state index < -0.39 is 17.8 Å². The van der Waals surface area contributed by atoms with Crippen LogP contribution in [0.4, 0.5) is 5.69 Å². The van der Waals surface area contributed by atoms with Crippen molar-refractivity contribution in [3.8, 4) is 23.0 Å². The van der Waals surface area contributed by atoms with E-state index in [1.54, 1.807) is 42.5 Å². The number of nitrogens with one attached hydrogen (secondary N) is 1. The number of rotatable bonds is 10. The van der Waals surface area contributed by atoms with Crippen molar-refractivity contribution >= 4 is 46.9 Å². The summed E-state index contributed by atoms with van der Waals surface area (Å²) >= 11 is 5.29. The Morgan fingerprint density at radius 1 is 1.00 bits per heavy atom. The van der Waals surface area contributed by atoms with Crippen molar-refractivity contribution < 1.29 is 33.7 Å². The summed E-state index contributed by atoms with van der Waals surface area (Å²) in [6.07, 6.45) is 1.78. The number of carboxylic acids is 1. The number of carbonyl (C=O) groups excluding carboxylic acids is 2. The molecule has 0 spiro atoms. The molecule has 0 unspecified atom stereocenters. The van der Waals surface area contributed by atoms with Gasteiger partial charge in [-0.3, -0.25) is 24.6 Å². The van der Waals surface area contributed by atoms with Gasteiger partial charge in [0.1, 0.15) is 28.6 Å². The smallest absolute Gasteiger partial charge is 0.303 e. The highest BCUT2D eigenvalue weighted by molar-refractivity contribution is 7.80. The molecule has 10 heteroatoms. The average Bonchev–Trinajstić information content (AvgIpc) is 2.91. The molecule has 3 aromatic rings. The van der Waals surface area contributed by atoms with E-state index in [0.717, 1.165) is 0 Å². The number of para-hydroxylation sites is 1. The lowest BCUT2D eigenvalue weighted by atomic mass is 10.1. The second-order valence-electron chi connectivity index (χ2n) is 8.12.